The Hall–Kier alpha value is -1.68. The first kappa shape index (κ1) is 15.6. The molecule has 4 aliphatic carbocycles. The minimum atomic E-state index is 0.0229. The maximum Gasteiger partial charge on any atom is 0.258 e. The number of rotatable bonds is 4. The van der Waals surface area contributed by atoms with Crippen molar-refractivity contribution in [3.8, 4) is 0 Å². The van der Waals surface area contributed by atoms with Crippen LogP contribution in [0.15, 0.2) is 29.1 Å². The van der Waals surface area contributed by atoms with Gasteiger partial charge in [-0.25, -0.2) is 4.98 Å². The molecule has 25 heavy (non-hydrogen) atoms. The summed E-state index contributed by atoms with van der Waals surface area (Å²) in [6.07, 6.45) is 8.71. The van der Waals surface area contributed by atoms with Crippen molar-refractivity contribution in [2.75, 3.05) is 6.54 Å². The van der Waals surface area contributed by atoms with Gasteiger partial charge in [-0.1, -0.05) is 6.07 Å². The van der Waals surface area contributed by atoms with Gasteiger partial charge in [-0.3, -0.25) is 9.20 Å². The Labute approximate surface area is 148 Å². The van der Waals surface area contributed by atoms with Crippen molar-refractivity contribution in [3.05, 3.63) is 46.0 Å². The molecule has 0 amide bonds. The molecule has 2 heterocycles. The van der Waals surface area contributed by atoms with Gasteiger partial charge in [0.1, 0.15) is 5.65 Å². The summed E-state index contributed by atoms with van der Waals surface area (Å²) in [5, 5.41) is 3.65. The van der Waals surface area contributed by atoms with Crippen LogP contribution in [0.1, 0.15) is 49.9 Å². The predicted octanol–water partition coefficient (Wildman–Crippen LogP) is 3.31. The fourth-order valence-corrected chi connectivity index (χ4v) is 6.42. The van der Waals surface area contributed by atoms with E-state index < -0.39 is 0 Å². The Balaban J connectivity index is 1.31. The van der Waals surface area contributed by atoms with Crippen molar-refractivity contribution in [1.82, 2.24) is 14.7 Å². The molecule has 1 N–H and O–H groups in total. The molecule has 0 atom stereocenters. The molecule has 4 aliphatic rings. The van der Waals surface area contributed by atoms with Gasteiger partial charge in [0.25, 0.3) is 5.56 Å². The lowest BCUT2D eigenvalue weighted by atomic mass is 9.49. The van der Waals surface area contributed by atoms with Crippen LogP contribution in [0, 0.1) is 30.1 Å². The smallest absolute Gasteiger partial charge is 0.258 e. The van der Waals surface area contributed by atoms with Crippen molar-refractivity contribution >= 4 is 5.65 Å². The first-order valence-electron chi connectivity index (χ1n) is 9.79. The van der Waals surface area contributed by atoms with E-state index in [-0.39, 0.29) is 5.56 Å². The molecule has 0 radical (unpaired) electrons. The molecule has 0 aliphatic heterocycles. The molecule has 0 spiro atoms. The summed E-state index contributed by atoms with van der Waals surface area (Å²) in [5.74, 6) is 2.96. The number of nitrogens with one attached hydrogen (secondary N) is 1. The highest BCUT2D eigenvalue weighted by molar-refractivity contribution is 5.40. The zero-order chi connectivity index (χ0) is 17.0. The number of aromatic nitrogens is 2. The second-order valence-electron chi connectivity index (χ2n) is 8.97. The molecule has 4 heteroatoms. The second-order valence-corrected chi connectivity index (χ2v) is 8.97. The van der Waals surface area contributed by atoms with Gasteiger partial charge in [0.2, 0.25) is 0 Å². The van der Waals surface area contributed by atoms with Crippen LogP contribution in [0.4, 0.5) is 0 Å². The Morgan fingerprint density at radius 3 is 2.52 bits per heavy atom. The van der Waals surface area contributed by atoms with Gasteiger partial charge in [0.05, 0.1) is 5.69 Å². The molecular weight excluding hydrogens is 310 g/mol. The summed E-state index contributed by atoms with van der Waals surface area (Å²) in [6.45, 7) is 3.73. The van der Waals surface area contributed by atoms with Crippen LogP contribution in [0.2, 0.25) is 0 Å². The lowest BCUT2D eigenvalue weighted by molar-refractivity contribution is -0.0514. The van der Waals surface area contributed by atoms with E-state index in [1.165, 1.54) is 38.5 Å². The predicted molar refractivity (Wildman–Crippen MR) is 98.5 cm³/mol. The lowest BCUT2D eigenvalue weighted by Gasteiger charge is -2.57. The van der Waals surface area contributed by atoms with Crippen LogP contribution in [0.5, 0.6) is 0 Å². The zero-order valence-electron chi connectivity index (χ0n) is 15.0. The minimum Gasteiger partial charge on any atom is -0.311 e. The summed E-state index contributed by atoms with van der Waals surface area (Å²) in [5.41, 5.74) is 3.09. The Morgan fingerprint density at radius 2 is 1.84 bits per heavy atom. The average molecular weight is 337 g/mol. The van der Waals surface area contributed by atoms with Gasteiger partial charge in [0, 0.05) is 24.8 Å². The van der Waals surface area contributed by atoms with Crippen molar-refractivity contribution in [3.63, 3.8) is 0 Å². The monoisotopic (exact) mass is 337 g/mol. The van der Waals surface area contributed by atoms with Crippen LogP contribution in [-0.4, -0.2) is 15.9 Å². The maximum absolute atomic E-state index is 12.4. The number of aryl methyl sites for hydroxylation is 1. The Kier molecular flexibility index (Phi) is 3.53. The SMILES string of the molecule is Cc1cccc2nc(CNCC34CC5CC(CC(C5)C3)C4)cc(=O)n12. The highest BCUT2D eigenvalue weighted by atomic mass is 16.1. The third kappa shape index (κ3) is 2.71. The second kappa shape index (κ2) is 5.66. The maximum atomic E-state index is 12.4. The Morgan fingerprint density at radius 1 is 1.16 bits per heavy atom. The van der Waals surface area contributed by atoms with Gasteiger partial charge >= 0.3 is 0 Å². The third-order valence-corrected chi connectivity index (χ3v) is 6.90. The van der Waals surface area contributed by atoms with E-state index in [4.69, 9.17) is 0 Å². The number of hydrogen-bond acceptors (Lipinski definition) is 3. The van der Waals surface area contributed by atoms with E-state index in [0.29, 0.717) is 12.0 Å². The molecular formula is C21H27N3O. The molecule has 4 bridgehead atoms. The average Bonchev–Trinajstić information content (AvgIpc) is 2.53. The molecule has 4 fully saturated rings. The fraction of sp³-hybridized carbons (Fsp3) is 0.619. The van der Waals surface area contributed by atoms with E-state index >= 15 is 0 Å². The molecule has 0 saturated heterocycles. The summed E-state index contributed by atoms with van der Waals surface area (Å²) < 4.78 is 1.68. The van der Waals surface area contributed by atoms with Gasteiger partial charge in [-0.2, -0.15) is 0 Å². The number of hydrogen-bond donors (Lipinski definition) is 1. The number of nitrogens with zero attached hydrogens (tertiary/aromatic N) is 2. The molecule has 0 unspecified atom stereocenters. The summed E-state index contributed by atoms with van der Waals surface area (Å²) in [6, 6.07) is 7.51. The topological polar surface area (TPSA) is 46.4 Å². The van der Waals surface area contributed by atoms with Crippen molar-refractivity contribution in [2.45, 2.75) is 52.0 Å². The summed E-state index contributed by atoms with van der Waals surface area (Å²) >= 11 is 0. The zero-order valence-corrected chi connectivity index (χ0v) is 15.0. The molecule has 2 aromatic rings. The molecule has 2 aromatic heterocycles. The highest BCUT2D eigenvalue weighted by Gasteiger charge is 2.50. The van der Waals surface area contributed by atoms with Gasteiger partial charge < -0.3 is 5.32 Å². The van der Waals surface area contributed by atoms with E-state index in [1.54, 1.807) is 10.5 Å². The van der Waals surface area contributed by atoms with E-state index in [0.717, 1.165) is 41.3 Å². The van der Waals surface area contributed by atoms with E-state index in [2.05, 4.69) is 10.3 Å². The first-order chi connectivity index (χ1) is 12.1. The van der Waals surface area contributed by atoms with Crippen molar-refractivity contribution in [1.29, 1.82) is 0 Å². The molecule has 0 aromatic carbocycles. The Bertz CT molecular complexity index is 834. The van der Waals surface area contributed by atoms with Crippen molar-refractivity contribution in [2.24, 2.45) is 23.2 Å². The largest absolute Gasteiger partial charge is 0.311 e. The number of fused-ring (bicyclic) bond motifs is 1. The standard InChI is InChI=1S/C21H27N3O/c1-14-3-2-4-19-23-18(8-20(25)24(14)19)12-22-13-21-9-15-5-16(10-21)7-17(6-15)11-21/h2-4,8,15-17,22H,5-7,9-13H2,1H3. The normalized spacial score (nSPS) is 33.2. The van der Waals surface area contributed by atoms with Crippen LogP contribution < -0.4 is 10.9 Å². The van der Waals surface area contributed by atoms with Gasteiger partial charge in [-0.15, -0.1) is 0 Å². The number of pyridine rings is 1. The van der Waals surface area contributed by atoms with E-state index in [1.807, 2.05) is 25.1 Å². The molecule has 4 saturated carbocycles. The summed E-state index contributed by atoms with van der Waals surface area (Å²) in [4.78, 5) is 17.1. The van der Waals surface area contributed by atoms with Gasteiger partial charge in [-0.05, 0) is 80.8 Å². The highest BCUT2D eigenvalue weighted by Crippen LogP contribution is 2.59. The summed E-state index contributed by atoms with van der Waals surface area (Å²) in [7, 11) is 0. The molecule has 4 nitrogen and oxygen atoms in total. The van der Waals surface area contributed by atoms with Gasteiger partial charge in [0.15, 0.2) is 0 Å². The third-order valence-electron chi connectivity index (χ3n) is 6.90. The quantitative estimate of drug-likeness (QED) is 0.931. The fourth-order valence-electron chi connectivity index (χ4n) is 6.42. The van der Waals surface area contributed by atoms with Crippen LogP contribution in [0.25, 0.3) is 5.65 Å². The van der Waals surface area contributed by atoms with E-state index in [9.17, 15) is 4.79 Å². The van der Waals surface area contributed by atoms with Crippen molar-refractivity contribution < 1.29 is 0 Å². The molecule has 132 valence electrons. The lowest BCUT2D eigenvalue weighted by Crippen LogP contribution is -2.50. The minimum absolute atomic E-state index is 0.0229. The van der Waals surface area contributed by atoms with Crippen LogP contribution >= 0.6 is 0 Å². The molecule has 6 rings (SSSR count). The first-order valence-corrected chi connectivity index (χ1v) is 9.79. The van der Waals surface area contributed by atoms with Crippen LogP contribution in [0.3, 0.4) is 0 Å². The van der Waals surface area contributed by atoms with Crippen LogP contribution in [-0.2, 0) is 6.54 Å².